The summed E-state index contributed by atoms with van der Waals surface area (Å²) >= 11 is 0. The van der Waals surface area contributed by atoms with Crippen molar-refractivity contribution in [2.45, 2.75) is 32.5 Å². The molecule has 0 bridgehead atoms. The molecule has 1 atom stereocenters. The van der Waals surface area contributed by atoms with Gasteiger partial charge in [0.1, 0.15) is 6.10 Å². The Morgan fingerprint density at radius 1 is 0.839 bits per heavy atom. The van der Waals surface area contributed by atoms with Crippen molar-refractivity contribution in [1.82, 2.24) is 15.0 Å². The van der Waals surface area contributed by atoms with E-state index >= 15 is 0 Å². The van der Waals surface area contributed by atoms with Crippen molar-refractivity contribution in [3.8, 4) is 6.01 Å². The standard InChI is InChI=1S/C24H20F3N3O/c1-15-12-16(2)29-23(28-15)31-22(18-7-5-8-19(13-18)24(25,26)27)14-20-11-10-17-6-3-4-9-21(17)30-20/h3-13,22H,14H2,1-2H3. The van der Waals surface area contributed by atoms with Crippen molar-refractivity contribution < 1.29 is 17.9 Å². The molecule has 0 aliphatic heterocycles. The van der Waals surface area contributed by atoms with Crippen LogP contribution < -0.4 is 4.74 Å². The van der Waals surface area contributed by atoms with Crippen LogP contribution in [0.5, 0.6) is 6.01 Å². The van der Waals surface area contributed by atoms with E-state index in [4.69, 9.17) is 4.74 Å². The number of benzene rings is 2. The minimum Gasteiger partial charge on any atom is -0.455 e. The van der Waals surface area contributed by atoms with Crippen LogP contribution in [0.1, 0.15) is 34.3 Å². The molecule has 2 aromatic heterocycles. The Morgan fingerprint density at radius 3 is 2.32 bits per heavy atom. The predicted molar refractivity (Wildman–Crippen MR) is 112 cm³/mol. The van der Waals surface area contributed by atoms with E-state index in [0.717, 1.165) is 23.0 Å². The third kappa shape index (κ3) is 4.99. The van der Waals surface area contributed by atoms with Gasteiger partial charge < -0.3 is 4.74 Å². The van der Waals surface area contributed by atoms with Gasteiger partial charge in [0.05, 0.1) is 11.1 Å². The third-order valence-corrected chi connectivity index (χ3v) is 4.85. The topological polar surface area (TPSA) is 47.9 Å². The summed E-state index contributed by atoms with van der Waals surface area (Å²) in [5.74, 6) is 0. The minimum atomic E-state index is -4.45. The molecule has 0 radical (unpaired) electrons. The molecule has 0 fully saturated rings. The van der Waals surface area contributed by atoms with Crippen molar-refractivity contribution >= 4 is 10.9 Å². The lowest BCUT2D eigenvalue weighted by molar-refractivity contribution is -0.137. The largest absolute Gasteiger partial charge is 0.455 e. The van der Waals surface area contributed by atoms with Crippen molar-refractivity contribution in [3.63, 3.8) is 0 Å². The molecule has 0 spiro atoms. The first kappa shape index (κ1) is 20.8. The van der Waals surface area contributed by atoms with Gasteiger partial charge in [-0.3, -0.25) is 4.98 Å². The fourth-order valence-electron chi connectivity index (χ4n) is 3.43. The molecule has 31 heavy (non-hydrogen) atoms. The van der Waals surface area contributed by atoms with E-state index in [1.54, 1.807) is 12.1 Å². The highest BCUT2D eigenvalue weighted by Crippen LogP contribution is 2.32. The molecule has 2 aromatic carbocycles. The number of fused-ring (bicyclic) bond motifs is 1. The number of nitrogens with zero attached hydrogens (tertiary/aromatic N) is 3. The molecular formula is C24H20F3N3O. The maximum atomic E-state index is 13.3. The Hall–Kier alpha value is -3.48. The van der Waals surface area contributed by atoms with E-state index < -0.39 is 17.8 Å². The molecular weight excluding hydrogens is 403 g/mol. The second-order valence-electron chi connectivity index (χ2n) is 7.36. The summed E-state index contributed by atoms with van der Waals surface area (Å²) in [6.07, 6.45) is -4.92. The average Bonchev–Trinajstić information content (AvgIpc) is 2.72. The van der Waals surface area contributed by atoms with Gasteiger partial charge in [0, 0.05) is 28.9 Å². The number of pyridine rings is 1. The zero-order valence-corrected chi connectivity index (χ0v) is 17.0. The molecule has 4 aromatic rings. The summed E-state index contributed by atoms with van der Waals surface area (Å²) in [6.45, 7) is 3.62. The molecule has 158 valence electrons. The highest BCUT2D eigenvalue weighted by atomic mass is 19.4. The second kappa shape index (κ2) is 8.34. The SMILES string of the molecule is Cc1cc(C)nc(OC(Cc2ccc3ccccc3n2)c2cccc(C(F)(F)F)c2)n1. The molecule has 1 unspecified atom stereocenters. The highest BCUT2D eigenvalue weighted by Gasteiger charge is 2.31. The molecule has 7 heteroatoms. The second-order valence-corrected chi connectivity index (χ2v) is 7.36. The smallest absolute Gasteiger partial charge is 0.416 e. The number of aryl methyl sites for hydroxylation is 2. The molecule has 4 rings (SSSR count). The molecule has 0 saturated heterocycles. The zero-order chi connectivity index (χ0) is 22.0. The first-order chi connectivity index (χ1) is 14.8. The number of halogens is 3. The number of ether oxygens (including phenoxy) is 1. The van der Waals surface area contributed by atoms with E-state index in [1.165, 1.54) is 6.07 Å². The number of alkyl halides is 3. The van der Waals surface area contributed by atoms with E-state index in [2.05, 4.69) is 15.0 Å². The van der Waals surface area contributed by atoms with Crippen LogP contribution in [-0.4, -0.2) is 15.0 Å². The Bertz CT molecular complexity index is 1200. The highest BCUT2D eigenvalue weighted by molar-refractivity contribution is 5.78. The van der Waals surface area contributed by atoms with Crippen LogP contribution in [0.2, 0.25) is 0 Å². The molecule has 4 nitrogen and oxygen atoms in total. The zero-order valence-electron chi connectivity index (χ0n) is 17.0. The Kier molecular flexibility index (Phi) is 5.59. The van der Waals surface area contributed by atoms with Gasteiger partial charge in [-0.15, -0.1) is 0 Å². The van der Waals surface area contributed by atoms with Crippen LogP contribution in [-0.2, 0) is 12.6 Å². The number of hydrogen-bond donors (Lipinski definition) is 0. The predicted octanol–water partition coefficient (Wildman–Crippen LogP) is 6.02. The van der Waals surface area contributed by atoms with Crippen LogP contribution in [0.3, 0.4) is 0 Å². The van der Waals surface area contributed by atoms with Gasteiger partial charge in [-0.25, -0.2) is 9.97 Å². The fourth-order valence-corrected chi connectivity index (χ4v) is 3.43. The van der Waals surface area contributed by atoms with Crippen LogP contribution >= 0.6 is 0 Å². The molecule has 0 amide bonds. The van der Waals surface area contributed by atoms with Gasteiger partial charge in [-0.2, -0.15) is 13.2 Å². The Balaban J connectivity index is 1.72. The van der Waals surface area contributed by atoms with Crippen LogP contribution in [0.4, 0.5) is 13.2 Å². The molecule has 0 aliphatic carbocycles. The molecule has 0 aliphatic rings. The first-order valence-electron chi connectivity index (χ1n) is 9.79. The van der Waals surface area contributed by atoms with E-state index in [0.29, 0.717) is 22.6 Å². The van der Waals surface area contributed by atoms with Gasteiger partial charge in [0.2, 0.25) is 0 Å². The summed E-state index contributed by atoms with van der Waals surface area (Å²) in [7, 11) is 0. The van der Waals surface area contributed by atoms with E-state index in [9.17, 15) is 13.2 Å². The monoisotopic (exact) mass is 423 g/mol. The van der Waals surface area contributed by atoms with Crippen LogP contribution in [0.15, 0.2) is 66.7 Å². The van der Waals surface area contributed by atoms with Gasteiger partial charge in [0.25, 0.3) is 0 Å². The summed E-state index contributed by atoms with van der Waals surface area (Å²) in [5.41, 5.74) is 2.60. The van der Waals surface area contributed by atoms with Gasteiger partial charge in [0.15, 0.2) is 0 Å². The maximum absolute atomic E-state index is 13.3. The van der Waals surface area contributed by atoms with Crippen molar-refractivity contribution in [3.05, 3.63) is 94.9 Å². The van der Waals surface area contributed by atoms with Gasteiger partial charge >= 0.3 is 12.2 Å². The van der Waals surface area contributed by atoms with Crippen molar-refractivity contribution in [2.75, 3.05) is 0 Å². The first-order valence-corrected chi connectivity index (χ1v) is 9.79. The van der Waals surface area contributed by atoms with Gasteiger partial charge in [-0.05, 0) is 49.7 Å². The van der Waals surface area contributed by atoms with Crippen LogP contribution in [0.25, 0.3) is 10.9 Å². The molecule has 0 saturated carbocycles. The third-order valence-electron chi connectivity index (χ3n) is 4.85. The Labute approximate surface area is 177 Å². The summed E-state index contributed by atoms with van der Waals surface area (Å²) in [5, 5.41) is 0.987. The fraction of sp³-hybridized carbons (Fsp3) is 0.208. The van der Waals surface area contributed by atoms with E-state index in [-0.39, 0.29) is 12.4 Å². The van der Waals surface area contributed by atoms with E-state index in [1.807, 2.05) is 50.2 Å². The number of rotatable bonds is 5. The summed E-state index contributed by atoms with van der Waals surface area (Å²) in [4.78, 5) is 13.2. The maximum Gasteiger partial charge on any atom is 0.416 e. The Morgan fingerprint density at radius 2 is 1.58 bits per heavy atom. The number of hydrogen-bond acceptors (Lipinski definition) is 4. The van der Waals surface area contributed by atoms with Gasteiger partial charge in [-0.1, -0.05) is 36.4 Å². The lowest BCUT2D eigenvalue weighted by atomic mass is 10.0. The lowest BCUT2D eigenvalue weighted by Gasteiger charge is -2.20. The number of aromatic nitrogens is 3. The van der Waals surface area contributed by atoms with Crippen molar-refractivity contribution in [2.24, 2.45) is 0 Å². The minimum absolute atomic E-state index is 0.126. The summed E-state index contributed by atoms with van der Waals surface area (Å²) < 4.78 is 45.9. The quantitative estimate of drug-likeness (QED) is 0.394. The van der Waals surface area contributed by atoms with Crippen LogP contribution in [0, 0.1) is 13.8 Å². The lowest BCUT2D eigenvalue weighted by Crippen LogP contribution is -2.15. The molecule has 0 N–H and O–H groups in total. The van der Waals surface area contributed by atoms with Crippen molar-refractivity contribution in [1.29, 1.82) is 0 Å². The average molecular weight is 423 g/mol. The number of para-hydroxylation sites is 1. The molecule has 2 heterocycles. The normalized spacial score (nSPS) is 12.7. The summed E-state index contributed by atoms with van der Waals surface area (Å²) in [6, 6.07) is 18.5.